The monoisotopic (exact) mass is 297 g/mol. The van der Waals surface area contributed by atoms with Crippen LogP contribution < -0.4 is 5.73 Å². The summed E-state index contributed by atoms with van der Waals surface area (Å²) in [5.74, 6) is 1.08. The lowest BCUT2D eigenvalue weighted by Crippen LogP contribution is -1.96. The highest BCUT2D eigenvalue weighted by atomic mass is 32.1. The maximum Gasteiger partial charge on any atom is 0.150 e. The summed E-state index contributed by atoms with van der Waals surface area (Å²) in [6, 6.07) is 8.67. The standard InChI is InChI=1S/C17H19N3S/c1-20-14-7-6-11(10-18)8-13(14)19-17(20)16-9-12-4-2-3-5-15(12)21-16/h6-9H,2-5,10,18H2,1H3. The van der Waals surface area contributed by atoms with E-state index in [1.54, 1.807) is 4.88 Å². The molecule has 21 heavy (non-hydrogen) atoms. The van der Waals surface area contributed by atoms with E-state index in [1.165, 1.54) is 41.6 Å². The summed E-state index contributed by atoms with van der Waals surface area (Å²) < 4.78 is 2.20. The molecule has 2 heterocycles. The van der Waals surface area contributed by atoms with Gasteiger partial charge in [0, 0.05) is 18.5 Å². The van der Waals surface area contributed by atoms with Crippen LogP contribution in [0.4, 0.5) is 0 Å². The SMILES string of the molecule is Cn1c(-c2cc3c(s2)CCCC3)nc2cc(CN)ccc21. The first kappa shape index (κ1) is 13.0. The Morgan fingerprint density at radius 2 is 2.10 bits per heavy atom. The van der Waals surface area contributed by atoms with Crippen molar-refractivity contribution in [3.8, 4) is 10.7 Å². The number of hydrogen-bond acceptors (Lipinski definition) is 3. The van der Waals surface area contributed by atoms with E-state index in [2.05, 4.69) is 35.9 Å². The van der Waals surface area contributed by atoms with Gasteiger partial charge in [0.25, 0.3) is 0 Å². The zero-order chi connectivity index (χ0) is 14.4. The molecule has 0 amide bonds. The Kier molecular flexibility index (Phi) is 3.08. The van der Waals surface area contributed by atoms with Crippen LogP contribution in [0.25, 0.3) is 21.7 Å². The van der Waals surface area contributed by atoms with Crippen LogP contribution in [0.1, 0.15) is 28.8 Å². The minimum absolute atomic E-state index is 0.565. The van der Waals surface area contributed by atoms with Gasteiger partial charge in [-0.15, -0.1) is 11.3 Å². The number of imidazole rings is 1. The van der Waals surface area contributed by atoms with Gasteiger partial charge in [-0.05, 0) is 55.0 Å². The molecule has 0 radical (unpaired) electrons. The quantitative estimate of drug-likeness (QED) is 0.785. The van der Waals surface area contributed by atoms with Gasteiger partial charge in [-0.2, -0.15) is 0 Å². The van der Waals surface area contributed by atoms with Gasteiger partial charge < -0.3 is 10.3 Å². The molecule has 0 saturated carbocycles. The molecular formula is C17H19N3S. The number of fused-ring (bicyclic) bond motifs is 2. The molecule has 108 valence electrons. The number of benzene rings is 1. The predicted molar refractivity (Wildman–Crippen MR) is 88.6 cm³/mol. The first-order chi connectivity index (χ1) is 10.3. The highest BCUT2D eigenvalue weighted by molar-refractivity contribution is 7.15. The van der Waals surface area contributed by atoms with Gasteiger partial charge in [-0.1, -0.05) is 6.07 Å². The molecule has 2 aromatic heterocycles. The van der Waals surface area contributed by atoms with Gasteiger partial charge in [0.15, 0.2) is 5.82 Å². The van der Waals surface area contributed by atoms with E-state index in [0.717, 1.165) is 16.9 Å². The minimum Gasteiger partial charge on any atom is -0.326 e. The van der Waals surface area contributed by atoms with Crippen LogP contribution in [-0.4, -0.2) is 9.55 Å². The van der Waals surface area contributed by atoms with Crippen molar-refractivity contribution in [2.24, 2.45) is 12.8 Å². The summed E-state index contributed by atoms with van der Waals surface area (Å²) in [6.45, 7) is 0.565. The number of nitrogens with two attached hydrogens (primary N) is 1. The molecule has 0 saturated heterocycles. The lowest BCUT2D eigenvalue weighted by molar-refractivity contribution is 0.697. The molecule has 0 spiro atoms. The van der Waals surface area contributed by atoms with Crippen LogP contribution in [0.5, 0.6) is 0 Å². The lowest BCUT2D eigenvalue weighted by atomic mass is 9.99. The van der Waals surface area contributed by atoms with Gasteiger partial charge in [-0.3, -0.25) is 0 Å². The molecule has 3 nitrogen and oxygen atoms in total. The molecule has 2 N–H and O–H groups in total. The second-order valence-electron chi connectivity index (χ2n) is 5.79. The number of nitrogens with zero attached hydrogens (tertiary/aromatic N) is 2. The Bertz CT molecular complexity index is 789. The lowest BCUT2D eigenvalue weighted by Gasteiger charge is -2.08. The fourth-order valence-electron chi connectivity index (χ4n) is 3.19. The van der Waals surface area contributed by atoms with Gasteiger partial charge >= 0.3 is 0 Å². The summed E-state index contributed by atoms with van der Waals surface area (Å²) in [5, 5.41) is 0. The first-order valence-electron chi connectivity index (χ1n) is 7.53. The van der Waals surface area contributed by atoms with E-state index in [0.29, 0.717) is 6.54 Å². The topological polar surface area (TPSA) is 43.8 Å². The zero-order valence-corrected chi connectivity index (χ0v) is 13.0. The first-order valence-corrected chi connectivity index (χ1v) is 8.35. The summed E-state index contributed by atoms with van der Waals surface area (Å²) in [6.07, 6.45) is 5.12. The van der Waals surface area contributed by atoms with Crippen LogP contribution in [0.3, 0.4) is 0 Å². The van der Waals surface area contributed by atoms with Crippen LogP contribution in [0.2, 0.25) is 0 Å². The number of hydrogen-bond donors (Lipinski definition) is 1. The van der Waals surface area contributed by atoms with Gasteiger partial charge in [-0.25, -0.2) is 4.98 Å². The van der Waals surface area contributed by atoms with E-state index in [9.17, 15) is 0 Å². The molecule has 0 unspecified atom stereocenters. The third kappa shape index (κ3) is 2.10. The van der Waals surface area contributed by atoms with Crippen LogP contribution in [0, 0.1) is 0 Å². The highest BCUT2D eigenvalue weighted by Crippen LogP contribution is 2.36. The van der Waals surface area contributed by atoms with E-state index in [1.807, 2.05) is 11.3 Å². The molecular weight excluding hydrogens is 278 g/mol. The number of rotatable bonds is 2. The van der Waals surface area contributed by atoms with Crippen molar-refractivity contribution in [2.45, 2.75) is 32.2 Å². The van der Waals surface area contributed by atoms with Crippen LogP contribution in [0.15, 0.2) is 24.3 Å². The highest BCUT2D eigenvalue weighted by Gasteiger charge is 2.17. The number of aryl methyl sites for hydroxylation is 3. The van der Waals surface area contributed by atoms with Crippen molar-refractivity contribution < 1.29 is 0 Å². The van der Waals surface area contributed by atoms with Crippen LogP contribution >= 0.6 is 11.3 Å². The number of thiophene rings is 1. The summed E-state index contributed by atoms with van der Waals surface area (Å²) in [7, 11) is 2.10. The smallest absolute Gasteiger partial charge is 0.150 e. The fourth-order valence-corrected chi connectivity index (χ4v) is 4.47. The van der Waals surface area contributed by atoms with E-state index < -0.39 is 0 Å². The molecule has 0 bridgehead atoms. The second-order valence-corrected chi connectivity index (χ2v) is 6.92. The van der Waals surface area contributed by atoms with Crippen molar-refractivity contribution in [3.63, 3.8) is 0 Å². The van der Waals surface area contributed by atoms with E-state index in [4.69, 9.17) is 10.7 Å². The Labute approximate surface area is 128 Å². The maximum absolute atomic E-state index is 5.73. The van der Waals surface area contributed by atoms with Gasteiger partial charge in [0.1, 0.15) is 0 Å². The molecule has 1 aromatic carbocycles. The average molecular weight is 297 g/mol. The van der Waals surface area contributed by atoms with Crippen molar-refractivity contribution in [3.05, 3.63) is 40.3 Å². The molecule has 1 aliphatic rings. The second kappa shape index (κ2) is 4.97. The maximum atomic E-state index is 5.73. The molecule has 0 atom stereocenters. The van der Waals surface area contributed by atoms with E-state index >= 15 is 0 Å². The van der Waals surface area contributed by atoms with Crippen LogP contribution in [-0.2, 0) is 26.4 Å². The van der Waals surface area contributed by atoms with Crippen molar-refractivity contribution in [2.75, 3.05) is 0 Å². The molecule has 4 rings (SSSR count). The predicted octanol–water partition coefficient (Wildman–Crippen LogP) is 3.64. The van der Waals surface area contributed by atoms with Crippen molar-refractivity contribution in [1.82, 2.24) is 9.55 Å². The third-order valence-corrected chi connectivity index (χ3v) is 5.63. The number of aromatic nitrogens is 2. The fraction of sp³-hybridized carbons (Fsp3) is 0.353. The zero-order valence-electron chi connectivity index (χ0n) is 12.2. The molecule has 3 aromatic rings. The Balaban J connectivity index is 1.86. The normalized spacial score (nSPS) is 14.6. The van der Waals surface area contributed by atoms with Crippen molar-refractivity contribution in [1.29, 1.82) is 0 Å². The summed E-state index contributed by atoms with van der Waals surface area (Å²) >= 11 is 1.92. The molecule has 0 aliphatic heterocycles. The third-order valence-electron chi connectivity index (χ3n) is 4.40. The summed E-state index contributed by atoms with van der Waals surface area (Å²) in [5.41, 5.74) is 10.6. The Hall–Kier alpha value is -1.65. The largest absolute Gasteiger partial charge is 0.326 e. The molecule has 1 aliphatic carbocycles. The van der Waals surface area contributed by atoms with Gasteiger partial charge in [0.2, 0.25) is 0 Å². The average Bonchev–Trinajstić information content (AvgIpc) is 3.08. The molecule has 0 fully saturated rings. The molecule has 4 heteroatoms. The minimum atomic E-state index is 0.565. The Morgan fingerprint density at radius 3 is 2.90 bits per heavy atom. The van der Waals surface area contributed by atoms with Crippen molar-refractivity contribution >= 4 is 22.4 Å². The van der Waals surface area contributed by atoms with Gasteiger partial charge in [0.05, 0.1) is 15.9 Å². The Morgan fingerprint density at radius 1 is 1.24 bits per heavy atom. The van der Waals surface area contributed by atoms with E-state index in [-0.39, 0.29) is 0 Å². The summed E-state index contributed by atoms with van der Waals surface area (Å²) in [4.78, 5) is 7.71.